The lowest BCUT2D eigenvalue weighted by molar-refractivity contribution is -0.146. The van der Waals surface area contributed by atoms with E-state index in [0.717, 1.165) is 16.8 Å². The molecule has 0 unspecified atom stereocenters. The molecule has 6 nitrogen and oxygen atoms in total. The van der Waals surface area contributed by atoms with Crippen LogP contribution in [0.1, 0.15) is 5.56 Å². The Bertz CT molecular complexity index is 735. The third kappa shape index (κ3) is 3.58. The summed E-state index contributed by atoms with van der Waals surface area (Å²) < 4.78 is 5.89. The number of nitrogens with zero attached hydrogens (tertiary/aromatic N) is 1. The van der Waals surface area contributed by atoms with Gasteiger partial charge in [-0.3, -0.25) is 19.5 Å². The molecule has 0 saturated heterocycles. The summed E-state index contributed by atoms with van der Waals surface area (Å²) in [5.41, 5.74) is -0.292. The van der Waals surface area contributed by atoms with Gasteiger partial charge in [0.1, 0.15) is 13.2 Å². The van der Waals surface area contributed by atoms with Gasteiger partial charge in [-0.2, -0.15) is 0 Å². The summed E-state index contributed by atoms with van der Waals surface area (Å²) in [7, 11) is 0. The van der Waals surface area contributed by atoms with E-state index in [2.05, 4.69) is 5.10 Å². The fourth-order valence-electron chi connectivity index (χ4n) is 1.53. The predicted octanol–water partition coefficient (Wildman–Crippen LogP) is 0.933. The van der Waals surface area contributed by atoms with E-state index in [9.17, 15) is 14.4 Å². The average Bonchev–Trinajstić information content (AvgIpc) is 2.42. The largest absolute Gasteiger partial charge is 0.459 e. The van der Waals surface area contributed by atoms with E-state index >= 15 is 0 Å². The number of ether oxygens (including phenoxy) is 1. The van der Waals surface area contributed by atoms with Gasteiger partial charge in [0, 0.05) is 22.7 Å². The standard InChI is InChI=1S/C13H11ClN2O4/c14-10-4-2-1-3-9(10)8-20-13(19)7-16-12(18)6-5-11(17)15-16/h1-6H,7-8H2,(H,15,17). The third-order valence-corrected chi connectivity index (χ3v) is 2.89. The van der Waals surface area contributed by atoms with Crippen molar-refractivity contribution in [2.45, 2.75) is 13.2 Å². The number of H-pyrrole nitrogens is 1. The average molecular weight is 295 g/mol. The van der Waals surface area contributed by atoms with E-state index < -0.39 is 17.1 Å². The molecule has 0 atom stereocenters. The fourth-order valence-corrected chi connectivity index (χ4v) is 1.72. The van der Waals surface area contributed by atoms with Crippen molar-refractivity contribution in [1.29, 1.82) is 0 Å². The van der Waals surface area contributed by atoms with Crippen LogP contribution in [0.5, 0.6) is 0 Å². The maximum absolute atomic E-state index is 11.6. The lowest BCUT2D eigenvalue weighted by Crippen LogP contribution is -2.31. The molecule has 104 valence electrons. The molecule has 1 heterocycles. The lowest BCUT2D eigenvalue weighted by Gasteiger charge is -2.07. The predicted molar refractivity (Wildman–Crippen MR) is 72.6 cm³/mol. The number of carbonyl (C=O) groups excluding carboxylic acids is 1. The first-order chi connectivity index (χ1) is 9.56. The summed E-state index contributed by atoms with van der Waals surface area (Å²) in [5.74, 6) is -0.645. The zero-order valence-corrected chi connectivity index (χ0v) is 11.1. The molecule has 0 aliphatic carbocycles. The highest BCUT2D eigenvalue weighted by molar-refractivity contribution is 6.31. The van der Waals surface area contributed by atoms with Gasteiger partial charge in [0.15, 0.2) is 0 Å². The van der Waals surface area contributed by atoms with Crippen LogP contribution < -0.4 is 11.1 Å². The first kappa shape index (κ1) is 14.1. The van der Waals surface area contributed by atoms with Crippen LogP contribution in [0.15, 0.2) is 46.0 Å². The second-order valence-electron chi connectivity index (χ2n) is 3.99. The number of hydrogen-bond donors (Lipinski definition) is 1. The van der Waals surface area contributed by atoms with E-state index in [1.54, 1.807) is 24.3 Å². The van der Waals surface area contributed by atoms with Gasteiger partial charge in [-0.25, -0.2) is 4.68 Å². The van der Waals surface area contributed by atoms with Crippen molar-refractivity contribution in [3.05, 3.63) is 67.7 Å². The van der Waals surface area contributed by atoms with E-state index in [1.807, 2.05) is 0 Å². The molecule has 0 aliphatic heterocycles. The van der Waals surface area contributed by atoms with Crippen molar-refractivity contribution in [2.75, 3.05) is 0 Å². The minimum Gasteiger partial charge on any atom is -0.459 e. The molecule has 1 N–H and O–H groups in total. The van der Waals surface area contributed by atoms with Gasteiger partial charge >= 0.3 is 5.97 Å². The molecule has 0 fully saturated rings. The van der Waals surface area contributed by atoms with Crippen LogP contribution in [0.4, 0.5) is 0 Å². The minimum atomic E-state index is -0.645. The van der Waals surface area contributed by atoms with Crippen molar-refractivity contribution < 1.29 is 9.53 Å². The first-order valence-corrected chi connectivity index (χ1v) is 6.13. The summed E-state index contributed by atoms with van der Waals surface area (Å²) in [6, 6.07) is 9.13. The first-order valence-electron chi connectivity index (χ1n) is 5.75. The van der Waals surface area contributed by atoms with Gasteiger partial charge in [0.25, 0.3) is 11.1 Å². The fraction of sp³-hybridized carbons (Fsp3) is 0.154. The maximum Gasteiger partial charge on any atom is 0.328 e. The van der Waals surface area contributed by atoms with Crippen LogP contribution >= 0.6 is 11.6 Å². The van der Waals surface area contributed by atoms with Gasteiger partial charge in [0.2, 0.25) is 0 Å². The molecule has 1 aromatic heterocycles. The molecule has 0 amide bonds. The molecule has 0 aliphatic rings. The summed E-state index contributed by atoms with van der Waals surface area (Å²) in [6.45, 7) is -0.357. The Balaban J connectivity index is 2.00. The maximum atomic E-state index is 11.6. The smallest absolute Gasteiger partial charge is 0.328 e. The molecule has 0 spiro atoms. The Hall–Kier alpha value is -2.34. The Morgan fingerprint density at radius 2 is 1.95 bits per heavy atom. The molecule has 0 saturated carbocycles. The van der Waals surface area contributed by atoms with Gasteiger partial charge < -0.3 is 4.74 Å². The van der Waals surface area contributed by atoms with E-state index in [0.29, 0.717) is 10.6 Å². The van der Waals surface area contributed by atoms with Crippen LogP contribution in [0, 0.1) is 0 Å². The van der Waals surface area contributed by atoms with Crippen molar-refractivity contribution in [3.8, 4) is 0 Å². The molecular formula is C13H11ClN2O4. The quantitative estimate of drug-likeness (QED) is 0.851. The van der Waals surface area contributed by atoms with Crippen LogP contribution in [-0.4, -0.2) is 15.7 Å². The third-order valence-electron chi connectivity index (χ3n) is 2.52. The molecule has 1 aromatic carbocycles. The zero-order valence-electron chi connectivity index (χ0n) is 10.3. The highest BCUT2D eigenvalue weighted by Crippen LogP contribution is 2.15. The van der Waals surface area contributed by atoms with Crippen LogP contribution in [0.25, 0.3) is 0 Å². The molecular weight excluding hydrogens is 284 g/mol. The minimum absolute atomic E-state index is 0.00429. The highest BCUT2D eigenvalue weighted by Gasteiger charge is 2.08. The zero-order chi connectivity index (χ0) is 14.5. The van der Waals surface area contributed by atoms with Crippen LogP contribution in [0.3, 0.4) is 0 Å². The summed E-state index contributed by atoms with van der Waals surface area (Å²) in [4.78, 5) is 34.1. The molecule has 2 rings (SSSR count). The van der Waals surface area contributed by atoms with Crippen molar-refractivity contribution in [3.63, 3.8) is 0 Å². The number of esters is 1. The summed E-state index contributed by atoms with van der Waals surface area (Å²) in [5, 5.41) is 2.73. The van der Waals surface area contributed by atoms with Gasteiger partial charge in [-0.1, -0.05) is 29.8 Å². The number of benzene rings is 1. The number of rotatable bonds is 4. The van der Waals surface area contributed by atoms with Gasteiger partial charge in [-0.05, 0) is 6.07 Å². The number of hydrogen-bond acceptors (Lipinski definition) is 4. The van der Waals surface area contributed by atoms with Crippen molar-refractivity contribution >= 4 is 17.6 Å². The van der Waals surface area contributed by atoms with Gasteiger partial charge in [-0.15, -0.1) is 0 Å². The summed E-state index contributed by atoms with van der Waals surface area (Å²) >= 11 is 5.92. The van der Waals surface area contributed by atoms with Crippen LogP contribution in [0.2, 0.25) is 5.02 Å². The Morgan fingerprint density at radius 3 is 2.70 bits per heavy atom. The van der Waals surface area contributed by atoms with Crippen molar-refractivity contribution in [1.82, 2.24) is 9.78 Å². The Morgan fingerprint density at radius 1 is 1.20 bits per heavy atom. The second kappa shape index (κ2) is 6.21. The lowest BCUT2D eigenvalue weighted by atomic mass is 10.2. The monoisotopic (exact) mass is 294 g/mol. The number of aromatic nitrogens is 2. The number of aromatic amines is 1. The van der Waals surface area contributed by atoms with Gasteiger partial charge in [0.05, 0.1) is 0 Å². The number of nitrogens with one attached hydrogen (secondary N) is 1. The van der Waals surface area contributed by atoms with E-state index in [4.69, 9.17) is 16.3 Å². The second-order valence-corrected chi connectivity index (χ2v) is 4.39. The number of carbonyl (C=O) groups is 1. The topological polar surface area (TPSA) is 81.2 Å². The Labute approximate surface area is 118 Å². The van der Waals surface area contributed by atoms with Crippen LogP contribution in [-0.2, 0) is 22.7 Å². The Kier molecular flexibility index (Phi) is 4.37. The molecule has 0 bridgehead atoms. The summed E-state index contributed by atoms with van der Waals surface area (Å²) in [6.07, 6.45) is 0. The SMILES string of the molecule is O=C(Cn1[nH]c(=O)ccc1=O)OCc1ccccc1Cl. The molecule has 20 heavy (non-hydrogen) atoms. The normalized spacial score (nSPS) is 10.2. The number of halogens is 1. The highest BCUT2D eigenvalue weighted by atomic mass is 35.5. The molecule has 2 aromatic rings. The van der Waals surface area contributed by atoms with Crippen molar-refractivity contribution in [2.24, 2.45) is 0 Å². The van der Waals surface area contributed by atoms with E-state index in [1.165, 1.54) is 0 Å². The van der Waals surface area contributed by atoms with E-state index in [-0.39, 0.29) is 13.2 Å². The molecule has 7 heteroatoms. The molecule has 0 radical (unpaired) electrons.